The van der Waals surface area contributed by atoms with E-state index in [-0.39, 0.29) is 17.7 Å². The van der Waals surface area contributed by atoms with Gasteiger partial charge in [0.25, 0.3) is 0 Å². The zero-order valence-corrected chi connectivity index (χ0v) is 17.6. The summed E-state index contributed by atoms with van der Waals surface area (Å²) in [5, 5.41) is 9.06. The van der Waals surface area contributed by atoms with Gasteiger partial charge in [-0.25, -0.2) is 0 Å². The van der Waals surface area contributed by atoms with Crippen LogP contribution in [0.2, 0.25) is 0 Å². The maximum Gasteiger partial charge on any atom is 0.234 e. The monoisotopic (exact) mass is 420 g/mol. The Balaban J connectivity index is 1.33. The average Bonchev–Trinajstić information content (AvgIpc) is 3.21. The van der Waals surface area contributed by atoms with Gasteiger partial charge in [0.1, 0.15) is 17.9 Å². The zero-order chi connectivity index (χ0) is 21.2. The van der Waals surface area contributed by atoms with E-state index in [4.69, 9.17) is 9.15 Å². The SMILES string of the molecule is O=C1CCC(c2coc3ccc4cc(OCCNC5CCCCC5)ccc4c23)C(=O)N1. The summed E-state index contributed by atoms with van der Waals surface area (Å²) in [6.07, 6.45) is 9.06. The molecule has 2 fully saturated rings. The van der Waals surface area contributed by atoms with Crippen molar-refractivity contribution in [3.8, 4) is 5.75 Å². The van der Waals surface area contributed by atoms with E-state index in [1.165, 1.54) is 32.1 Å². The molecular formula is C25H28N2O4. The van der Waals surface area contributed by atoms with Crippen LogP contribution in [0.15, 0.2) is 41.0 Å². The molecule has 0 radical (unpaired) electrons. The highest BCUT2D eigenvalue weighted by molar-refractivity contribution is 6.10. The van der Waals surface area contributed by atoms with Gasteiger partial charge in [0.05, 0.1) is 12.2 Å². The van der Waals surface area contributed by atoms with Gasteiger partial charge in [0, 0.05) is 30.0 Å². The van der Waals surface area contributed by atoms with Crippen LogP contribution in [0.25, 0.3) is 21.7 Å². The van der Waals surface area contributed by atoms with Crippen molar-refractivity contribution < 1.29 is 18.7 Å². The zero-order valence-electron chi connectivity index (χ0n) is 17.6. The van der Waals surface area contributed by atoms with Crippen molar-refractivity contribution in [2.24, 2.45) is 0 Å². The van der Waals surface area contributed by atoms with Gasteiger partial charge in [-0.2, -0.15) is 0 Å². The first-order valence-electron chi connectivity index (χ1n) is 11.3. The number of benzene rings is 2. The van der Waals surface area contributed by atoms with Gasteiger partial charge < -0.3 is 14.5 Å². The second-order valence-electron chi connectivity index (χ2n) is 8.65. The maximum absolute atomic E-state index is 12.4. The highest BCUT2D eigenvalue weighted by Gasteiger charge is 2.31. The van der Waals surface area contributed by atoms with Crippen molar-refractivity contribution in [1.29, 1.82) is 0 Å². The van der Waals surface area contributed by atoms with Crippen molar-refractivity contribution in [3.63, 3.8) is 0 Å². The largest absolute Gasteiger partial charge is 0.492 e. The molecule has 1 aliphatic heterocycles. The lowest BCUT2D eigenvalue weighted by molar-refractivity contribution is -0.134. The lowest BCUT2D eigenvalue weighted by atomic mass is 9.89. The molecule has 2 aliphatic rings. The third-order valence-electron chi connectivity index (χ3n) is 6.58. The first-order valence-corrected chi connectivity index (χ1v) is 11.3. The Hall–Kier alpha value is -2.86. The summed E-state index contributed by atoms with van der Waals surface area (Å²) < 4.78 is 11.7. The second kappa shape index (κ2) is 8.71. The Bertz CT molecular complexity index is 1110. The van der Waals surface area contributed by atoms with E-state index in [1.807, 2.05) is 30.3 Å². The van der Waals surface area contributed by atoms with Crippen LogP contribution in [-0.4, -0.2) is 31.0 Å². The maximum atomic E-state index is 12.4. The molecule has 1 unspecified atom stereocenters. The van der Waals surface area contributed by atoms with Crippen molar-refractivity contribution in [2.45, 2.75) is 56.9 Å². The molecule has 2 N–H and O–H groups in total. The molecule has 1 saturated carbocycles. The standard InChI is InChI=1S/C25H28N2O4/c28-23-11-9-20(25(29)27-23)21-15-31-22-10-6-16-14-18(7-8-19(16)24(21)22)30-13-12-26-17-4-2-1-3-5-17/h6-8,10,14-15,17,20,26H,1-5,9,11-13H2,(H,27,28,29). The Morgan fingerprint density at radius 3 is 2.77 bits per heavy atom. The molecule has 162 valence electrons. The molecule has 2 aromatic carbocycles. The van der Waals surface area contributed by atoms with Crippen molar-refractivity contribution in [1.82, 2.24) is 10.6 Å². The third-order valence-corrected chi connectivity index (χ3v) is 6.58. The Morgan fingerprint density at radius 1 is 1.06 bits per heavy atom. The molecule has 2 amide bonds. The third kappa shape index (κ3) is 4.17. The van der Waals surface area contributed by atoms with Crippen LogP contribution in [0.4, 0.5) is 0 Å². The predicted octanol–water partition coefficient (Wildman–Crippen LogP) is 4.41. The van der Waals surface area contributed by atoms with Crippen LogP contribution in [0, 0.1) is 0 Å². The lowest BCUT2D eigenvalue weighted by Crippen LogP contribution is -2.39. The Labute approximate surface area is 181 Å². The number of piperidine rings is 1. The lowest BCUT2D eigenvalue weighted by Gasteiger charge is -2.22. The summed E-state index contributed by atoms with van der Waals surface area (Å²) in [5.41, 5.74) is 1.59. The predicted molar refractivity (Wildman–Crippen MR) is 119 cm³/mol. The van der Waals surface area contributed by atoms with Crippen LogP contribution < -0.4 is 15.4 Å². The number of carbonyl (C=O) groups is 2. The molecule has 31 heavy (non-hydrogen) atoms. The van der Waals surface area contributed by atoms with Crippen molar-refractivity contribution >= 4 is 33.6 Å². The summed E-state index contributed by atoms with van der Waals surface area (Å²) >= 11 is 0. The van der Waals surface area contributed by atoms with E-state index in [1.54, 1.807) is 6.26 Å². The molecule has 3 aromatic rings. The number of amides is 2. The summed E-state index contributed by atoms with van der Waals surface area (Å²) in [4.78, 5) is 23.9. The first-order chi connectivity index (χ1) is 15.2. The van der Waals surface area contributed by atoms with E-state index in [2.05, 4.69) is 10.6 Å². The number of nitrogens with one attached hydrogen (secondary N) is 2. The molecule has 1 aliphatic carbocycles. The number of fused-ring (bicyclic) bond motifs is 3. The summed E-state index contributed by atoms with van der Waals surface area (Å²) in [7, 11) is 0. The quantitative estimate of drug-likeness (QED) is 0.456. The Kier molecular flexibility index (Phi) is 5.64. The van der Waals surface area contributed by atoms with Gasteiger partial charge in [-0.1, -0.05) is 25.3 Å². The van der Waals surface area contributed by atoms with Gasteiger partial charge in [0.15, 0.2) is 0 Å². The molecule has 0 bridgehead atoms. The van der Waals surface area contributed by atoms with Crippen LogP contribution in [0.5, 0.6) is 5.75 Å². The minimum atomic E-state index is -0.369. The molecule has 5 rings (SSSR count). The Morgan fingerprint density at radius 2 is 1.94 bits per heavy atom. The topological polar surface area (TPSA) is 80.6 Å². The smallest absolute Gasteiger partial charge is 0.234 e. The molecule has 1 aromatic heterocycles. The molecule has 1 atom stereocenters. The fourth-order valence-corrected chi connectivity index (χ4v) is 4.94. The van der Waals surface area contributed by atoms with E-state index >= 15 is 0 Å². The summed E-state index contributed by atoms with van der Waals surface area (Å²) in [5.74, 6) is 0.00901. The fraction of sp³-hybridized carbons (Fsp3) is 0.440. The van der Waals surface area contributed by atoms with E-state index in [0.29, 0.717) is 25.5 Å². The van der Waals surface area contributed by atoms with Gasteiger partial charge in [0.2, 0.25) is 11.8 Å². The van der Waals surface area contributed by atoms with Gasteiger partial charge in [-0.3, -0.25) is 14.9 Å². The molecule has 1 saturated heterocycles. The molecule has 6 heteroatoms. The highest BCUT2D eigenvalue weighted by atomic mass is 16.5. The summed E-state index contributed by atoms with van der Waals surface area (Å²) in [6.45, 7) is 1.49. The number of imide groups is 1. The fourth-order valence-electron chi connectivity index (χ4n) is 4.94. The number of carbonyl (C=O) groups excluding carboxylic acids is 2. The number of hydrogen-bond donors (Lipinski definition) is 2. The van der Waals surface area contributed by atoms with Crippen molar-refractivity contribution in [3.05, 3.63) is 42.2 Å². The molecule has 6 nitrogen and oxygen atoms in total. The minimum Gasteiger partial charge on any atom is -0.492 e. The van der Waals surface area contributed by atoms with Crippen LogP contribution in [-0.2, 0) is 9.59 Å². The van der Waals surface area contributed by atoms with E-state index in [0.717, 1.165) is 39.6 Å². The van der Waals surface area contributed by atoms with Gasteiger partial charge in [-0.05, 0) is 54.3 Å². The second-order valence-corrected chi connectivity index (χ2v) is 8.65. The van der Waals surface area contributed by atoms with Crippen LogP contribution in [0.1, 0.15) is 56.4 Å². The van der Waals surface area contributed by atoms with Crippen LogP contribution >= 0.6 is 0 Å². The highest BCUT2D eigenvalue weighted by Crippen LogP contribution is 2.37. The van der Waals surface area contributed by atoms with E-state index < -0.39 is 0 Å². The average molecular weight is 421 g/mol. The minimum absolute atomic E-state index is 0.210. The van der Waals surface area contributed by atoms with Crippen molar-refractivity contribution in [2.75, 3.05) is 13.2 Å². The number of furan rings is 1. The molecule has 0 spiro atoms. The normalized spacial score (nSPS) is 20.3. The first kappa shape index (κ1) is 20.1. The van der Waals surface area contributed by atoms with Crippen LogP contribution in [0.3, 0.4) is 0 Å². The number of ether oxygens (including phenoxy) is 1. The number of rotatable bonds is 6. The van der Waals surface area contributed by atoms with Gasteiger partial charge >= 0.3 is 0 Å². The number of hydrogen-bond acceptors (Lipinski definition) is 5. The summed E-state index contributed by atoms with van der Waals surface area (Å²) in [6, 6.07) is 10.6. The van der Waals surface area contributed by atoms with Gasteiger partial charge in [-0.15, -0.1) is 0 Å². The molecule has 2 heterocycles. The van der Waals surface area contributed by atoms with E-state index in [9.17, 15) is 9.59 Å². The molecular weight excluding hydrogens is 392 g/mol.